The van der Waals surface area contributed by atoms with Crippen LogP contribution < -0.4 is 4.90 Å². The summed E-state index contributed by atoms with van der Waals surface area (Å²) in [7, 11) is 4.07. The van der Waals surface area contributed by atoms with E-state index >= 15 is 0 Å². The maximum Gasteiger partial charge on any atom is 0.116 e. The van der Waals surface area contributed by atoms with Crippen molar-refractivity contribution in [3.8, 4) is 22.4 Å². The molecular formula is C23H21N3. The van der Waals surface area contributed by atoms with Crippen LogP contribution in [0.25, 0.3) is 33.3 Å². The molecule has 0 atom stereocenters. The molecule has 0 unspecified atom stereocenters. The van der Waals surface area contributed by atoms with Crippen LogP contribution in [0.4, 0.5) is 5.69 Å². The molecule has 4 rings (SSSR count). The first-order valence-corrected chi connectivity index (χ1v) is 8.72. The Morgan fingerprint density at radius 2 is 1.58 bits per heavy atom. The van der Waals surface area contributed by atoms with Crippen LogP contribution in [0.15, 0.2) is 73.1 Å². The molecule has 0 amide bonds. The maximum atomic E-state index is 4.57. The van der Waals surface area contributed by atoms with Crippen molar-refractivity contribution in [2.24, 2.45) is 0 Å². The lowest BCUT2D eigenvalue weighted by Gasteiger charge is -2.14. The van der Waals surface area contributed by atoms with E-state index in [9.17, 15) is 0 Å². The average Bonchev–Trinajstić information content (AvgIpc) is 2.67. The standard InChI is InChI=1S/C23H21N3/c1-16-13-18(9-11-20(16)17-7-5-4-6-8-17)23-21-12-10-19(26(2)3)14-22(21)24-15-25-23/h4-15H,1-3H3. The first-order chi connectivity index (χ1) is 12.6. The van der Waals surface area contributed by atoms with Crippen LogP contribution in [-0.4, -0.2) is 24.1 Å². The first kappa shape index (κ1) is 16.3. The van der Waals surface area contributed by atoms with Crippen LogP contribution in [0.3, 0.4) is 0 Å². The number of aromatic nitrogens is 2. The number of fused-ring (bicyclic) bond motifs is 1. The van der Waals surface area contributed by atoms with E-state index in [1.807, 2.05) is 20.2 Å². The van der Waals surface area contributed by atoms with Gasteiger partial charge < -0.3 is 4.90 Å². The minimum atomic E-state index is 0.964. The number of aryl methyl sites for hydroxylation is 1. The summed E-state index contributed by atoms with van der Waals surface area (Å²) < 4.78 is 0. The second-order valence-corrected chi connectivity index (χ2v) is 6.71. The molecule has 4 aromatic rings. The Kier molecular flexibility index (Phi) is 4.13. The van der Waals surface area contributed by atoms with Gasteiger partial charge in [0, 0.05) is 30.7 Å². The average molecular weight is 339 g/mol. The third-order valence-electron chi connectivity index (χ3n) is 4.72. The molecular weight excluding hydrogens is 318 g/mol. The minimum absolute atomic E-state index is 0.964. The second kappa shape index (κ2) is 6.60. The Morgan fingerprint density at radius 3 is 2.31 bits per heavy atom. The molecule has 0 fully saturated rings. The molecule has 3 aromatic carbocycles. The highest BCUT2D eigenvalue weighted by atomic mass is 15.1. The van der Waals surface area contributed by atoms with Crippen molar-refractivity contribution in [2.75, 3.05) is 19.0 Å². The van der Waals surface area contributed by atoms with Crippen molar-refractivity contribution in [3.05, 3.63) is 78.6 Å². The normalized spacial score (nSPS) is 10.9. The van der Waals surface area contributed by atoms with Crippen molar-refractivity contribution in [1.29, 1.82) is 0 Å². The topological polar surface area (TPSA) is 29.0 Å². The zero-order valence-corrected chi connectivity index (χ0v) is 15.3. The molecule has 0 aliphatic carbocycles. The van der Waals surface area contributed by atoms with Crippen LogP contribution in [-0.2, 0) is 0 Å². The molecule has 0 saturated carbocycles. The van der Waals surface area contributed by atoms with Gasteiger partial charge in [-0.3, -0.25) is 0 Å². The van der Waals surface area contributed by atoms with Crippen LogP contribution in [0, 0.1) is 6.92 Å². The van der Waals surface area contributed by atoms with Gasteiger partial charge in [-0.25, -0.2) is 9.97 Å². The smallest absolute Gasteiger partial charge is 0.116 e. The molecule has 0 bridgehead atoms. The number of rotatable bonds is 3. The second-order valence-electron chi connectivity index (χ2n) is 6.71. The highest BCUT2D eigenvalue weighted by molar-refractivity contribution is 5.94. The van der Waals surface area contributed by atoms with Crippen molar-refractivity contribution >= 4 is 16.6 Å². The van der Waals surface area contributed by atoms with Crippen molar-refractivity contribution < 1.29 is 0 Å². The van der Waals surface area contributed by atoms with Gasteiger partial charge >= 0.3 is 0 Å². The lowest BCUT2D eigenvalue weighted by molar-refractivity contribution is 1.13. The molecule has 0 N–H and O–H groups in total. The predicted molar refractivity (Wildman–Crippen MR) is 109 cm³/mol. The maximum absolute atomic E-state index is 4.57. The molecule has 128 valence electrons. The highest BCUT2D eigenvalue weighted by Crippen LogP contribution is 2.31. The summed E-state index contributed by atoms with van der Waals surface area (Å²) in [5, 5.41) is 1.07. The summed E-state index contributed by atoms with van der Waals surface area (Å²) >= 11 is 0. The first-order valence-electron chi connectivity index (χ1n) is 8.72. The monoisotopic (exact) mass is 339 g/mol. The van der Waals surface area contributed by atoms with Gasteiger partial charge in [-0.05, 0) is 47.9 Å². The summed E-state index contributed by atoms with van der Waals surface area (Å²) in [6.07, 6.45) is 1.65. The number of hydrogen-bond acceptors (Lipinski definition) is 3. The van der Waals surface area contributed by atoms with Gasteiger partial charge in [0.15, 0.2) is 0 Å². The summed E-state index contributed by atoms with van der Waals surface area (Å²) in [6.45, 7) is 2.15. The van der Waals surface area contributed by atoms with E-state index in [1.165, 1.54) is 16.7 Å². The molecule has 0 spiro atoms. The van der Waals surface area contributed by atoms with E-state index < -0.39 is 0 Å². The fourth-order valence-corrected chi connectivity index (χ4v) is 3.31. The van der Waals surface area contributed by atoms with Gasteiger partial charge in [0.05, 0.1) is 11.2 Å². The fourth-order valence-electron chi connectivity index (χ4n) is 3.31. The van der Waals surface area contributed by atoms with E-state index in [0.29, 0.717) is 0 Å². The van der Waals surface area contributed by atoms with Crippen molar-refractivity contribution in [3.63, 3.8) is 0 Å². The Morgan fingerprint density at radius 1 is 0.769 bits per heavy atom. The predicted octanol–water partition coefficient (Wildman–Crippen LogP) is 5.34. The van der Waals surface area contributed by atoms with Crippen LogP contribution >= 0.6 is 0 Å². The molecule has 1 aromatic heterocycles. The van der Waals surface area contributed by atoms with Gasteiger partial charge in [-0.15, -0.1) is 0 Å². The molecule has 1 heterocycles. The molecule has 0 aliphatic rings. The van der Waals surface area contributed by atoms with E-state index in [1.54, 1.807) is 6.33 Å². The van der Waals surface area contributed by atoms with Gasteiger partial charge in [0.2, 0.25) is 0 Å². The third-order valence-corrected chi connectivity index (χ3v) is 4.72. The number of anilines is 1. The van der Waals surface area contributed by atoms with E-state index in [0.717, 1.165) is 27.8 Å². The summed E-state index contributed by atoms with van der Waals surface area (Å²) in [4.78, 5) is 11.1. The van der Waals surface area contributed by atoms with Gasteiger partial charge in [0.25, 0.3) is 0 Å². The fraction of sp³-hybridized carbons (Fsp3) is 0.130. The Balaban J connectivity index is 1.82. The molecule has 3 heteroatoms. The molecule has 26 heavy (non-hydrogen) atoms. The van der Waals surface area contributed by atoms with Crippen molar-refractivity contribution in [1.82, 2.24) is 9.97 Å². The van der Waals surface area contributed by atoms with Gasteiger partial charge in [-0.2, -0.15) is 0 Å². The molecule has 3 nitrogen and oxygen atoms in total. The van der Waals surface area contributed by atoms with E-state index in [2.05, 4.69) is 82.5 Å². The van der Waals surface area contributed by atoms with E-state index in [-0.39, 0.29) is 0 Å². The van der Waals surface area contributed by atoms with Crippen LogP contribution in [0.2, 0.25) is 0 Å². The van der Waals surface area contributed by atoms with Crippen LogP contribution in [0.5, 0.6) is 0 Å². The summed E-state index contributed by atoms with van der Waals surface area (Å²) in [6, 6.07) is 23.3. The Labute approximate surface area is 154 Å². The molecule has 0 saturated heterocycles. The Bertz CT molecular complexity index is 1070. The van der Waals surface area contributed by atoms with Crippen molar-refractivity contribution in [2.45, 2.75) is 6.92 Å². The van der Waals surface area contributed by atoms with Gasteiger partial charge in [0.1, 0.15) is 6.33 Å². The largest absolute Gasteiger partial charge is 0.378 e. The number of hydrogen-bond donors (Lipinski definition) is 0. The quantitative estimate of drug-likeness (QED) is 0.504. The zero-order chi connectivity index (χ0) is 18.1. The van der Waals surface area contributed by atoms with Crippen LogP contribution in [0.1, 0.15) is 5.56 Å². The third kappa shape index (κ3) is 2.92. The lowest BCUT2D eigenvalue weighted by atomic mass is 9.96. The summed E-state index contributed by atoms with van der Waals surface area (Å²) in [5.41, 5.74) is 7.92. The molecule has 0 aliphatic heterocycles. The van der Waals surface area contributed by atoms with Gasteiger partial charge in [-0.1, -0.05) is 42.5 Å². The highest BCUT2D eigenvalue weighted by Gasteiger charge is 2.10. The number of nitrogens with zero attached hydrogens (tertiary/aromatic N) is 3. The van der Waals surface area contributed by atoms with E-state index in [4.69, 9.17) is 0 Å². The SMILES string of the molecule is Cc1cc(-c2ncnc3cc(N(C)C)ccc23)ccc1-c1ccccc1. The zero-order valence-electron chi connectivity index (χ0n) is 15.3. The summed E-state index contributed by atoms with van der Waals surface area (Å²) in [5.74, 6) is 0. The lowest BCUT2D eigenvalue weighted by Crippen LogP contribution is -2.08. The minimum Gasteiger partial charge on any atom is -0.378 e. The number of benzene rings is 3. The Hall–Kier alpha value is -3.20. The molecule has 0 radical (unpaired) electrons.